The van der Waals surface area contributed by atoms with Gasteiger partial charge in [0.05, 0.1) is 19.6 Å². The second kappa shape index (κ2) is 10.1. The smallest absolute Gasteiger partial charge is 0.307 e. The molecule has 0 aliphatic heterocycles. The van der Waals surface area contributed by atoms with Gasteiger partial charge in [-0.05, 0) is 35.9 Å². The number of carbonyl (C=O) groups is 4. The van der Waals surface area contributed by atoms with Crippen molar-refractivity contribution in [3.8, 4) is 0 Å². The van der Waals surface area contributed by atoms with E-state index >= 15 is 0 Å². The van der Waals surface area contributed by atoms with Gasteiger partial charge in [-0.15, -0.1) is 0 Å². The Hall–Kier alpha value is -3.75. The molecule has 0 aromatic heterocycles. The number of methoxy groups -OCH3 is 1. The molecule has 0 saturated heterocycles. The predicted molar refractivity (Wildman–Crippen MR) is 108 cm³/mol. The molecule has 9 heteroatoms. The van der Waals surface area contributed by atoms with Gasteiger partial charge >= 0.3 is 5.97 Å². The zero-order valence-corrected chi connectivity index (χ0v) is 16.7. The fourth-order valence-electron chi connectivity index (χ4n) is 2.75. The van der Waals surface area contributed by atoms with Crippen LogP contribution in [0.25, 0.3) is 0 Å². The molecule has 2 rings (SSSR count). The van der Waals surface area contributed by atoms with Crippen LogP contribution in [0.15, 0.2) is 42.5 Å². The summed E-state index contributed by atoms with van der Waals surface area (Å²) in [7, 11) is 1.22. The van der Waals surface area contributed by atoms with Gasteiger partial charge in [-0.3, -0.25) is 19.2 Å². The van der Waals surface area contributed by atoms with Crippen molar-refractivity contribution >= 4 is 35.1 Å². The Kier molecular flexibility index (Phi) is 7.62. The molecule has 2 aromatic rings. The monoisotopic (exact) mass is 415 g/mol. The summed E-state index contributed by atoms with van der Waals surface area (Å²) in [4.78, 5) is 47.5. The molecular weight excluding hydrogens is 393 g/mol. The van der Waals surface area contributed by atoms with E-state index in [1.54, 1.807) is 0 Å². The van der Waals surface area contributed by atoms with E-state index < -0.39 is 23.7 Å². The van der Waals surface area contributed by atoms with E-state index in [0.717, 1.165) is 0 Å². The number of hydrogen-bond donors (Lipinski definition) is 3. The maximum Gasteiger partial charge on any atom is 0.307 e. The van der Waals surface area contributed by atoms with Crippen LogP contribution in [-0.4, -0.2) is 30.8 Å². The van der Waals surface area contributed by atoms with Crippen LogP contribution < -0.4 is 16.0 Å². The summed E-state index contributed by atoms with van der Waals surface area (Å²) in [6.07, 6.45) is -0.169. The van der Waals surface area contributed by atoms with Gasteiger partial charge in [0.25, 0.3) is 5.91 Å². The number of benzene rings is 2. The first-order chi connectivity index (χ1) is 14.2. The highest BCUT2D eigenvalue weighted by atomic mass is 19.1. The minimum absolute atomic E-state index is 0.141. The van der Waals surface area contributed by atoms with Crippen molar-refractivity contribution in [1.82, 2.24) is 5.32 Å². The van der Waals surface area contributed by atoms with Gasteiger partial charge in [-0.1, -0.05) is 12.1 Å². The second-order valence-electron chi connectivity index (χ2n) is 6.52. The van der Waals surface area contributed by atoms with E-state index in [0.29, 0.717) is 16.9 Å². The fourth-order valence-corrected chi connectivity index (χ4v) is 2.75. The standard InChI is InChI=1S/C21H22FN3O5/c1-12(26)23-17-8-15(9-18(10-17)24-13(2)27)21(29)25-19(11-20(28)30-3)14-4-6-16(22)7-5-14/h4-10,19H,11H2,1-3H3,(H,23,26)(H,24,27)(H,25,29). The first kappa shape index (κ1) is 22.5. The molecule has 0 bridgehead atoms. The lowest BCUT2D eigenvalue weighted by molar-refractivity contribution is -0.141. The lowest BCUT2D eigenvalue weighted by Crippen LogP contribution is -2.30. The SMILES string of the molecule is COC(=O)CC(NC(=O)c1cc(NC(C)=O)cc(NC(C)=O)c1)c1ccc(F)cc1. The third-order valence-corrected chi connectivity index (χ3v) is 4.01. The first-order valence-corrected chi connectivity index (χ1v) is 9.01. The van der Waals surface area contributed by atoms with Crippen molar-refractivity contribution in [2.24, 2.45) is 0 Å². The average molecular weight is 415 g/mol. The number of rotatable bonds is 7. The van der Waals surface area contributed by atoms with E-state index in [4.69, 9.17) is 0 Å². The van der Waals surface area contributed by atoms with Crippen LogP contribution >= 0.6 is 0 Å². The Morgan fingerprint density at radius 2 is 1.47 bits per heavy atom. The topological polar surface area (TPSA) is 114 Å². The molecule has 2 aromatic carbocycles. The fraction of sp³-hybridized carbons (Fsp3) is 0.238. The molecule has 3 amide bonds. The first-order valence-electron chi connectivity index (χ1n) is 9.01. The number of halogens is 1. The highest BCUT2D eigenvalue weighted by molar-refractivity contribution is 6.00. The molecule has 0 aliphatic rings. The number of nitrogens with one attached hydrogen (secondary N) is 3. The molecule has 0 heterocycles. The summed E-state index contributed by atoms with van der Waals surface area (Å²) in [5, 5.41) is 7.83. The number of hydrogen-bond acceptors (Lipinski definition) is 5. The van der Waals surface area contributed by atoms with Gasteiger partial charge in [-0.25, -0.2) is 4.39 Å². The predicted octanol–water partition coefficient (Wildman–Crippen LogP) is 2.78. The summed E-state index contributed by atoms with van der Waals surface area (Å²) in [5.74, 6) is -2.28. The van der Waals surface area contributed by atoms with Crippen LogP contribution in [0, 0.1) is 5.82 Å². The normalized spacial score (nSPS) is 11.2. The van der Waals surface area contributed by atoms with Crippen LogP contribution in [0.4, 0.5) is 15.8 Å². The Balaban J connectivity index is 2.34. The van der Waals surface area contributed by atoms with Crippen molar-refractivity contribution in [3.05, 3.63) is 59.4 Å². The Morgan fingerprint density at radius 3 is 1.93 bits per heavy atom. The van der Waals surface area contributed by atoms with Crippen molar-refractivity contribution < 1.29 is 28.3 Å². The summed E-state index contributed by atoms with van der Waals surface area (Å²) in [6.45, 7) is 2.62. The maximum absolute atomic E-state index is 13.3. The number of anilines is 2. The van der Waals surface area contributed by atoms with E-state index in [9.17, 15) is 23.6 Å². The molecule has 0 radical (unpaired) electrons. The van der Waals surface area contributed by atoms with E-state index in [2.05, 4.69) is 20.7 Å². The minimum atomic E-state index is -0.779. The lowest BCUT2D eigenvalue weighted by atomic mass is 10.0. The van der Waals surface area contributed by atoms with Crippen LogP contribution in [0.1, 0.15) is 42.2 Å². The molecule has 0 spiro atoms. The van der Waals surface area contributed by atoms with Crippen LogP contribution in [0.5, 0.6) is 0 Å². The Labute approximate surface area is 172 Å². The van der Waals surface area contributed by atoms with Gasteiger partial charge in [0.15, 0.2) is 0 Å². The van der Waals surface area contributed by atoms with Gasteiger partial charge < -0.3 is 20.7 Å². The van der Waals surface area contributed by atoms with Crippen molar-refractivity contribution in [1.29, 1.82) is 0 Å². The number of amides is 3. The quantitative estimate of drug-likeness (QED) is 0.602. The third kappa shape index (κ3) is 6.69. The molecule has 0 saturated carbocycles. The Bertz CT molecular complexity index is 925. The number of carbonyl (C=O) groups excluding carboxylic acids is 4. The lowest BCUT2D eigenvalue weighted by Gasteiger charge is -2.19. The number of ether oxygens (including phenoxy) is 1. The van der Waals surface area contributed by atoms with Crippen molar-refractivity contribution in [3.63, 3.8) is 0 Å². The zero-order valence-electron chi connectivity index (χ0n) is 16.7. The summed E-state index contributed by atoms with van der Waals surface area (Å²) >= 11 is 0. The van der Waals surface area contributed by atoms with Gasteiger partial charge in [0.1, 0.15) is 5.82 Å². The molecule has 8 nitrogen and oxygen atoms in total. The van der Waals surface area contributed by atoms with E-state index in [1.807, 2.05) is 0 Å². The number of esters is 1. The summed E-state index contributed by atoms with van der Waals surface area (Å²) in [6, 6.07) is 8.95. The van der Waals surface area contributed by atoms with Crippen LogP contribution in [0.3, 0.4) is 0 Å². The largest absolute Gasteiger partial charge is 0.469 e. The van der Waals surface area contributed by atoms with Gasteiger partial charge in [0.2, 0.25) is 11.8 Å². The molecule has 0 fully saturated rings. The van der Waals surface area contributed by atoms with E-state index in [-0.39, 0.29) is 23.8 Å². The van der Waals surface area contributed by atoms with E-state index in [1.165, 1.54) is 63.4 Å². The third-order valence-electron chi connectivity index (χ3n) is 4.01. The van der Waals surface area contributed by atoms with Crippen LogP contribution in [-0.2, 0) is 19.1 Å². The average Bonchev–Trinajstić information content (AvgIpc) is 2.66. The molecule has 158 valence electrons. The van der Waals surface area contributed by atoms with Crippen molar-refractivity contribution in [2.45, 2.75) is 26.3 Å². The molecule has 30 heavy (non-hydrogen) atoms. The molecule has 1 atom stereocenters. The van der Waals surface area contributed by atoms with Gasteiger partial charge in [-0.2, -0.15) is 0 Å². The van der Waals surface area contributed by atoms with Crippen LogP contribution in [0.2, 0.25) is 0 Å². The minimum Gasteiger partial charge on any atom is -0.469 e. The molecule has 0 aliphatic carbocycles. The summed E-state index contributed by atoms with van der Waals surface area (Å²) in [5.41, 5.74) is 1.27. The zero-order chi connectivity index (χ0) is 22.3. The van der Waals surface area contributed by atoms with Gasteiger partial charge in [0, 0.05) is 30.8 Å². The molecule has 1 unspecified atom stereocenters. The summed E-state index contributed by atoms with van der Waals surface area (Å²) < 4.78 is 17.9. The highest BCUT2D eigenvalue weighted by Crippen LogP contribution is 2.22. The second-order valence-corrected chi connectivity index (χ2v) is 6.52. The van der Waals surface area contributed by atoms with Crippen molar-refractivity contribution in [2.75, 3.05) is 17.7 Å². The maximum atomic E-state index is 13.3. The molecular formula is C21H22FN3O5. The molecule has 3 N–H and O–H groups in total. The highest BCUT2D eigenvalue weighted by Gasteiger charge is 2.21. The Morgan fingerprint density at radius 1 is 0.933 bits per heavy atom.